The third kappa shape index (κ3) is 5.28. The van der Waals surface area contributed by atoms with Gasteiger partial charge >= 0.3 is 7.12 Å². The second kappa shape index (κ2) is 9.30. The van der Waals surface area contributed by atoms with E-state index in [-0.39, 0.29) is 6.10 Å². The fourth-order valence-electron chi connectivity index (χ4n) is 3.86. The monoisotopic (exact) mass is 388 g/mol. The lowest BCUT2D eigenvalue weighted by Crippen LogP contribution is -2.31. The Bertz CT molecular complexity index is 921. The summed E-state index contributed by atoms with van der Waals surface area (Å²) in [7, 11) is -0.755. The van der Waals surface area contributed by atoms with Gasteiger partial charge in [0.05, 0.1) is 6.10 Å². The summed E-state index contributed by atoms with van der Waals surface area (Å²) in [5.74, 6) is 0.351. The number of hydrogen-bond donors (Lipinski definition) is 2. The molecule has 1 heterocycles. The van der Waals surface area contributed by atoms with Gasteiger partial charge in [-0.1, -0.05) is 54.6 Å². The maximum atomic E-state index is 10.1. The molecule has 4 heteroatoms. The zero-order valence-electron chi connectivity index (χ0n) is 17.5. The van der Waals surface area contributed by atoms with Crippen molar-refractivity contribution in [2.45, 2.75) is 46.0 Å². The Morgan fingerprint density at radius 1 is 1.21 bits per heavy atom. The lowest BCUT2D eigenvalue weighted by Gasteiger charge is -2.27. The number of phenolic OH excluding ortho intramolecular Hbond substituents is 1. The van der Waals surface area contributed by atoms with Crippen molar-refractivity contribution < 1.29 is 14.8 Å². The SMILES string of the molecule is C=C(C)C1=CCB(O)OC1CC/C(=C/c1cc(C)c(O)c(C)c1)c1ccccc1. The van der Waals surface area contributed by atoms with Crippen molar-refractivity contribution in [2.75, 3.05) is 0 Å². The van der Waals surface area contributed by atoms with E-state index in [1.807, 2.05) is 57.2 Å². The van der Waals surface area contributed by atoms with Crippen molar-refractivity contribution in [3.63, 3.8) is 0 Å². The van der Waals surface area contributed by atoms with Gasteiger partial charge in [-0.15, -0.1) is 0 Å². The molecule has 0 spiro atoms. The van der Waals surface area contributed by atoms with Gasteiger partial charge in [0.1, 0.15) is 5.75 Å². The molecule has 0 amide bonds. The lowest BCUT2D eigenvalue weighted by atomic mass is 9.78. The van der Waals surface area contributed by atoms with Crippen LogP contribution < -0.4 is 0 Å². The van der Waals surface area contributed by atoms with Gasteiger partial charge in [-0.05, 0) is 79.1 Å². The Hall–Kier alpha value is -2.56. The highest BCUT2D eigenvalue weighted by molar-refractivity contribution is 6.43. The highest BCUT2D eigenvalue weighted by Crippen LogP contribution is 2.31. The number of allylic oxidation sites excluding steroid dienone is 2. The van der Waals surface area contributed by atoms with Crippen LogP contribution in [0.5, 0.6) is 5.75 Å². The van der Waals surface area contributed by atoms with Crippen LogP contribution in [0.25, 0.3) is 11.6 Å². The molecule has 2 aromatic carbocycles. The Labute approximate surface area is 174 Å². The summed E-state index contributed by atoms with van der Waals surface area (Å²) in [6, 6.07) is 14.3. The van der Waals surface area contributed by atoms with E-state index in [9.17, 15) is 10.1 Å². The van der Waals surface area contributed by atoms with Gasteiger partial charge in [0.2, 0.25) is 0 Å². The van der Waals surface area contributed by atoms with Crippen LogP contribution in [-0.4, -0.2) is 23.4 Å². The number of aromatic hydroxyl groups is 1. The van der Waals surface area contributed by atoms with Crippen molar-refractivity contribution in [2.24, 2.45) is 0 Å². The molecular weight excluding hydrogens is 359 g/mol. The number of phenols is 1. The molecule has 1 aliphatic rings. The number of rotatable bonds is 6. The average molecular weight is 388 g/mol. The fraction of sp³-hybridized carbons (Fsp3) is 0.280. The van der Waals surface area contributed by atoms with Crippen LogP contribution in [0, 0.1) is 13.8 Å². The molecule has 29 heavy (non-hydrogen) atoms. The van der Waals surface area contributed by atoms with E-state index in [4.69, 9.17) is 4.65 Å². The molecule has 1 unspecified atom stereocenters. The summed E-state index contributed by atoms with van der Waals surface area (Å²) < 4.78 is 5.82. The normalized spacial score (nSPS) is 17.2. The summed E-state index contributed by atoms with van der Waals surface area (Å²) >= 11 is 0. The molecule has 3 rings (SSSR count). The molecule has 0 bridgehead atoms. The summed E-state index contributed by atoms with van der Waals surface area (Å²) in [5, 5.41) is 20.0. The van der Waals surface area contributed by atoms with Gasteiger partial charge in [-0.25, -0.2) is 0 Å². The lowest BCUT2D eigenvalue weighted by molar-refractivity contribution is 0.184. The summed E-state index contributed by atoms with van der Waals surface area (Å²) in [6.45, 7) is 9.89. The van der Waals surface area contributed by atoms with Gasteiger partial charge in [0, 0.05) is 6.32 Å². The topological polar surface area (TPSA) is 49.7 Å². The Balaban J connectivity index is 1.90. The van der Waals surface area contributed by atoms with E-state index < -0.39 is 7.12 Å². The second-order valence-corrected chi connectivity index (χ2v) is 7.83. The van der Waals surface area contributed by atoms with Gasteiger partial charge in [0.15, 0.2) is 0 Å². The molecule has 0 aromatic heterocycles. The highest BCUT2D eigenvalue weighted by atomic mass is 16.5. The van der Waals surface area contributed by atoms with Crippen LogP contribution >= 0.6 is 0 Å². The molecule has 2 aromatic rings. The van der Waals surface area contributed by atoms with Crippen LogP contribution in [0.4, 0.5) is 0 Å². The first kappa shape index (κ1) is 21.2. The van der Waals surface area contributed by atoms with Gasteiger partial charge < -0.3 is 14.8 Å². The number of hydrogen-bond acceptors (Lipinski definition) is 3. The first-order valence-electron chi connectivity index (χ1n) is 10.1. The first-order valence-corrected chi connectivity index (χ1v) is 10.1. The minimum Gasteiger partial charge on any atom is -0.507 e. The third-order valence-corrected chi connectivity index (χ3v) is 5.38. The molecule has 0 fully saturated rings. The Morgan fingerprint density at radius 2 is 1.86 bits per heavy atom. The van der Waals surface area contributed by atoms with E-state index in [2.05, 4.69) is 24.8 Å². The summed E-state index contributed by atoms with van der Waals surface area (Å²) in [4.78, 5) is 0. The van der Waals surface area contributed by atoms with Gasteiger partial charge in [-0.3, -0.25) is 0 Å². The van der Waals surface area contributed by atoms with Crippen LogP contribution in [0.3, 0.4) is 0 Å². The van der Waals surface area contributed by atoms with Gasteiger partial charge in [0.25, 0.3) is 0 Å². The minimum atomic E-state index is -0.755. The fourth-order valence-corrected chi connectivity index (χ4v) is 3.86. The molecule has 2 N–H and O–H groups in total. The standard InChI is InChI=1S/C25H29BO3/c1-17(2)23-12-13-26(28)29-24(23)11-10-22(21-8-6-5-7-9-21)16-20-14-18(3)25(27)19(4)15-20/h5-9,12,14-16,24,27-28H,1,10-11,13H2,2-4H3/b22-16-. The third-order valence-electron chi connectivity index (χ3n) is 5.38. The molecule has 150 valence electrons. The number of aryl methyl sites for hydroxylation is 2. The molecular formula is C25H29BO3. The predicted octanol–water partition coefficient (Wildman–Crippen LogP) is 5.71. The van der Waals surface area contributed by atoms with Crippen LogP contribution in [0.1, 0.15) is 42.0 Å². The highest BCUT2D eigenvalue weighted by Gasteiger charge is 2.27. The van der Waals surface area contributed by atoms with Crippen LogP contribution in [-0.2, 0) is 4.65 Å². The van der Waals surface area contributed by atoms with Crippen molar-refractivity contribution in [3.8, 4) is 5.75 Å². The minimum absolute atomic E-state index is 0.161. The van der Waals surface area contributed by atoms with E-state index in [0.717, 1.165) is 46.2 Å². The smallest absolute Gasteiger partial charge is 0.458 e. The largest absolute Gasteiger partial charge is 0.507 e. The van der Waals surface area contributed by atoms with Crippen LogP contribution in [0.15, 0.2) is 66.3 Å². The Kier molecular flexibility index (Phi) is 6.78. The quantitative estimate of drug-likeness (QED) is 0.492. The zero-order chi connectivity index (χ0) is 21.0. The first-order chi connectivity index (χ1) is 13.8. The van der Waals surface area contributed by atoms with Crippen molar-refractivity contribution in [1.82, 2.24) is 0 Å². The van der Waals surface area contributed by atoms with E-state index in [1.54, 1.807) is 0 Å². The van der Waals surface area contributed by atoms with Crippen molar-refractivity contribution in [3.05, 3.63) is 88.5 Å². The number of benzene rings is 2. The van der Waals surface area contributed by atoms with Crippen LogP contribution in [0.2, 0.25) is 6.32 Å². The van der Waals surface area contributed by atoms with Gasteiger partial charge in [-0.2, -0.15) is 0 Å². The molecule has 0 radical (unpaired) electrons. The molecule has 1 atom stereocenters. The van der Waals surface area contributed by atoms with Crippen molar-refractivity contribution >= 4 is 18.8 Å². The zero-order valence-corrected chi connectivity index (χ0v) is 17.5. The maximum Gasteiger partial charge on any atom is 0.458 e. The maximum absolute atomic E-state index is 10.1. The van der Waals surface area contributed by atoms with E-state index >= 15 is 0 Å². The van der Waals surface area contributed by atoms with E-state index in [1.165, 1.54) is 5.57 Å². The van der Waals surface area contributed by atoms with E-state index in [0.29, 0.717) is 12.1 Å². The molecule has 0 saturated carbocycles. The Morgan fingerprint density at radius 3 is 2.48 bits per heavy atom. The molecule has 0 aliphatic carbocycles. The molecule has 3 nitrogen and oxygen atoms in total. The molecule has 0 saturated heterocycles. The summed E-state index contributed by atoms with van der Waals surface area (Å²) in [5.41, 5.74) is 7.23. The summed E-state index contributed by atoms with van der Waals surface area (Å²) in [6.07, 6.45) is 6.12. The average Bonchev–Trinajstić information content (AvgIpc) is 2.69. The second-order valence-electron chi connectivity index (χ2n) is 7.83. The molecule has 1 aliphatic heterocycles. The van der Waals surface area contributed by atoms with Crippen molar-refractivity contribution in [1.29, 1.82) is 0 Å². The predicted molar refractivity (Wildman–Crippen MR) is 122 cm³/mol.